The van der Waals surface area contributed by atoms with Gasteiger partial charge in [0, 0.05) is 20.1 Å². The summed E-state index contributed by atoms with van der Waals surface area (Å²) in [6.45, 7) is 0.888. The lowest BCUT2D eigenvalue weighted by Gasteiger charge is -2.28. The van der Waals surface area contributed by atoms with Gasteiger partial charge >= 0.3 is 0 Å². The average Bonchev–Trinajstić information content (AvgIpc) is 3.29. The van der Waals surface area contributed by atoms with Crippen LogP contribution in [0.4, 0.5) is 0 Å². The summed E-state index contributed by atoms with van der Waals surface area (Å²) in [6, 6.07) is 27.7. The number of carbonyl (C=O) groups excluding carboxylic acids is 2. The molecular formula is C27H28N2O3. The largest absolute Gasteiger partial charge is 0.484 e. The van der Waals surface area contributed by atoms with Crippen LogP contribution in [0.15, 0.2) is 84.9 Å². The van der Waals surface area contributed by atoms with Crippen LogP contribution in [-0.2, 0) is 16.0 Å². The Labute approximate surface area is 189 Å². The molecule has 3 aromatic rings. The lowest BCUT2D eigenvalue weighted by Crippen LogP contribution is -2.44. The topological polar surface area (TPSA) is 58.6 Å². The van der Waals surface area contributed by atoms with Crippen molar-refractivity contribution in [2.24, 2.45) is 5.41 Å². The van der Waals surface area contributed by atoms with E-state index in [0.29, 0.717) is 31.7 Å². The molecule has 2 amide bonds. The molecule has 1 fully saturated rings. The molecule has 32 heavy (non-hydrogen) atoms. The molecule has 0 spiro atoms. The SMILES string of the molecule is CNC(=O)[C@]1(Cc2ccccc2-c2ccccc2)CCN(C(=O)COc2ccccc2)C1. The summed E-state index contributed by atoms with van der Waals surface area (Å²) in [5.74, 6) is 0.532. The van der Waals surface area contributed by atoms with Gasteiger partial charge < -0.3 is 15.0 Å². The monoisotopic (exact) mass is 428 g/mol. The lowest BCUT2D eigenvalue weighted by molar-refractivity contribution is -0.134. The number of nitrogens with one attached hydrogen (secondary N) is 1. The van der Waals surface area contributed by atoms with Crippen molar-refractivity contribution in [3.05, 3.63) is 90.5 Å². The van der Waals surface area contributed by atoms with Gasteiger partial charge in [0.1, 0.15) is 5.75 Å². The molecule has 0 radical (unpaired) electrons. The second-order valence-corrected chi connectivity index (χ2v) is 8.23. The van der Waals surface area contributed by atoms with Crippen LogP contribution in [-0.4, -0.2) is 43.5 Å². The normalized spacial score (nSPS) is 17.7. The molecule has 0 aromatic heterocycles. The number of para-hydroxylation sites is 1. The first-order valence-electron chi connectivity index (χ1n) is 10.9. The van der Waals surface area contributed by atoms with Gasteiger partial charge in [-0.3, -0.25) is 9.59 Å². The van der Waals surface area contributed by atoms with Crippen LogP contribution in [0.2, 0.25) is 0 Å². The summed E-state index contributed by atoms with van der Waals surface area (Å²) in [4.78, 5) is 27.6. The third-order valence-electron chi connectivity index (χ3n) is 6.15. The average molecular weight is 429 g/mol. The molecule has 1 atom stereocenters. The number of rotatable bonds is 7. The minimum absolute atomic E-state index is 0.0281. The first-order valence-corrected chi connectivity index (χ1v) is 10.9. The van der Waals surface area contributed by atoms with Crippen molar-refractivity contribution in [2.45, 2.75) is 12.8 Å². The van der Waals surface area contributed by atoms with E-state index in [1.165, 1.54) is 0 Å². The Bertz CT molecular complexity index is 1070. The van der Waals surface area contributed by atoms with Crippen molar-refractivity contribution >= 4 is 11.8 Å². The Morgan fingerprint density at radius 1 is 0.938 bits per heavy atom. The fourth-order valence-electron chi connectivity index (χ4n) is 4.45. The van der Waals surface area contributed by atoms with Crippen molar-refractivity contribution in [1.82, 2.24) is 10.2 Å². The summed E-state index contributed by atoms with van der Waals surface area (Å²) in [5, 5.41) is 2.84. The van der Waals surface area contributed by atoms with E-state index in [4.69, 9.17) is 4.74 Å². The van der Waals surface area contributed by atoms with E-state index in [0.717, 1.165) is 16.7 Å². The number of ether oxygens (including phenoxy) is 1. The second kappa shape index (κ2) is 9.69. The number of hydrogen-bond acceptors (Lipinski definition) is 3. The van der Waals surface area contributed by atoms with E-state index in [1.54, 1.807) is 11.9 Å². The molecule has 0 bridgehead atoms. The molecule has 0 aliphatic carbocycles. The second-order valence-electron chi connectivity index (χ2n) is 8.23. The molecule has 3 aromatic carbocycles. The van der Waals surface area contributed by atoms with Gasteiger partial charge in [-0.2, -0.15) is 0 Å². The molecule has 5 heteroatoms. The Hall–Kier alpha value is -3.60. The van der Waals surface area contributed by atoms with Crippen LogP contribution in [0.1, 0.15) is 12.0 Å². The smallest absolute Gasteiger partial charge is 0.260 e. The van der Waals surface area contributed by atoms with Crippen molar-refractivity contribution < 1.29 is 14.3 Å². The molecule has 5 nitrogen and oxygen atoms in total. The zero-order valence-electron chi connectivity index (χ0n) is 18.3. The van der Waals surface area contributed by atoms with E-state index in [9.17, 15) is 9.59 Å². The molecule has 1 aliphatic heterocycles. The molecule has 1 N–H and O–H groups in total. The fourth-order valence-corrected chi connectivity index (χ4v) is 4.45. The van der Waals surface area contributed by atoms with Crippen LogP contribution < -0.4 is 10.1 Å². The molecule has 1 heterocycles. The Morgan fingerprint density at radius 2 is 1.59 bits per heavy atom. The summed E-state index contributed by atoms with van der Waals surface area (Å²) < 4.78 is 5.64. The maximum atomic E-state index is 13.1. The highest BCUT2D eigenvalue weighted by molar-refractivity contribution is 5.86. The summed E-state index contributed by atoms with van der Waals surface area (Å²) in [7, 11) is 1.66. The fraction of sp³-hybridized carbons (Fsp3) is 0.259. The Balaban J connectivity index is 1.52. The minimum atomic E-state index is -0.665. The van der Waals surface area contributed by atoms with E-state index < -0.39 is 5.41 Å². The number of carbonyl (C=O) groups is 2. The minimum Gasteiger partial charge on any atom is -0.484 e. The molecule has 4 rings (SSSR count). The highest BCUT2D eigenvalue weighted by atomic mass is 16.5. The van der Waals surface area contributed by atoms with E-state index in [2.05, 4.69) is 29.6 Å². The van der Waals surface area contributed by atoms with Gasteiger partial charge in [0.2, 0.25) is 5.91 Å². The quantitative estimate of drug-likeness (QED) is 0.620. The van der Waals surface area contributed by atoms with Crippen LogP contribution in [0, 0.1) is 5.41 Å². The lowest BCUT2D eigenvalue weighted by atomic mass is 9.78. The van der Waals surface area contributed by atoms with Gasteiger partial charge in [0.05, 0.1) is 5.41 Å². The number of likely N-dealkylation sites (tertiary alicyclic amines) is 1. The van der Waals surface area contributed by atoms with Crippen LogP contribution in [0.25, 0.3) is 11.1 Å². The first-order chi connectivity index (χ1) is 15.6. The Morgan fingerprint density at radius 3 is 2.31 bits per heavy atom. The molecule has 164 valence electrons. The van der Waals surface area contributed by atoms with Gasteiger partial charge in [-0.25, -0.2) is 0 Å². The third kappa shape index (κ3) is 4.67. The van der Waals surface area contributed by atoms with Crippen LogP contribution in [0.3, 0.4) is 0 Å². The maximum absolute atomic E-state index is 13.1. The molecule has 1 saturated heterocycles. The summed E-state index contributed by atoms with van der Waals surface area (Å²) in [6.07, 6.45) is 1.19. The molecular weight excluding hydrogens is 400 g/mol. The standard InChI is InChI=1S/C27H28N2O3/c1-28-26(31)27(18-22-12-8-9-15-24(22)21-10-4-2-5-11-21)16-17-29(20-27)25(30)19-32-23-13-6-3-7-14-23/h2-15H,16-20H2,1H3,(H,28,31)/t27-/m0/s1. The highest BCUT2D eigenvalue weighted by Gasteiger charge is 2.45. The molecule has 0 unspecified atom stereocenters. The van der Waals surface area contributed by atoms with Gasteiger partial charge in [0.15, 0.2) is 6.61 Å². The number of nitrogens with zero attached hydrogens (tertiary/aromatic N) is 1. The van der Waals surface area contributed by atoms with Gasteiger partial charge in [-0.05, 0) is 41.7 Å². The van der Waals surface area contributed by atoms with Crippen molar-refractivity contribution in [3.8, 4) is 16.9 Å². The van der Waals surface area contributed by atoms with E-state index in [-0.39, 0.29) is 18.4 Å². The molecule has 1 aliphatic rings. The van der Waals surface area contributed by atoms with Crippen molar-refractivity contribution in [2.75, 3.05) is 26.7 Å². The summed E-state index contributed by atoms with van der Waals surface area (Å²) >= 11 is 0. The third-order valence-corrected chi connectivity index (χ3v) is 6.15. The highest BCUT2D eigenvalue weighted by Crippen LogP contribution is 2.37. The number of amides is 2. The number of benzene rings is 3. The van der Waals surface area contributed by atoms with Crippen molar-refractivity contribution in [3.63, 3.8) is 0 Å². The van der Waals surface area contributed by atoms with E-state index >= 15 is 0 Å². The Kier molecular flexibility index (Phi) is 6.55. The van der Waals surface area contributed by atoms with Crippen molar-refractivity contribution in [1.29, 1.82) is 0 Å². The first kappa shape index (κ1) is 21.6. The van der Waals surface area contributed by atoms with Crippen LogP contribution >= 0.6 is 0 Å². The molecule has 0 saturated carbocycles. The van der Waals surface area contributed by atoms with Gasteiger partial charge in [-0.1, -0.05) is 72.8 Å². The van der Waals surface area contributed by atoms with Crippen LogP contribution in [0.5, 0.6) is 5.75 Å². The number of hydrogen-bond donors (Lipinski definition) is 1. The zero-order chi connectivity index (χ0) is 22.4. The zero-order valence-corrected chi connectivity index (χ0v) is 18.3. The van der Waals surface area contributed by atoms with Gasteiger partial charge in [0.25, 0.3) is 5.91 Å². The van der Waals surface area contributed by atoms with Gasteiger partial charge in [-0.15, -0.1) is 0 Å². The predicted molar refractivity (Wildman–Crippen MR) is 125 cm³/mol. The predicted octanol–water partition coefficient (Wildman–Crippen LogP) is 3.94. The summed E-state index contributed by atoms with van der Waals surface area (Å²) in [5.41, 5.74) is 2.69. The maximum Gasteiger partial charge on any atom is 0.260 e. The van der Waals surface area contributed by atoms with E-state index in [1.807, 2.05) is 60.7 Å².